The third-order valence-electron chi connectivity index (χ3n) is 4.19. The van der Waals surface area contributed by atoms with Crippen LogP contribution >= 0.6 is 0 Å². The van der Waals surface area contributed by atoms with Gasteiger partial charge in [0.05, 0.1) is 0 Å². The number of hydrogen-bond donors (Lipinski definition) is 1. The topological polar surface area (TPSA) is 97.4 Å². The van der Waals surface area contributed by atoms with Crippen LogP contribution in [0.1, 0.15) is 19.8 Å². The van der Waals surface area contributed by atoms with Crippen molar-refractivity contribution < 1.29 is 14.1 Å². The van der Waals surface area contributed by atoms with Crippen molar-refractivity contribution in [3.8, 4) is 11.4 Å². The van der Waals surface area contributed by atoms with Crippen LogP contribution in [0.25, 0.3) is 11.4 Å². The molecule has 1 saturated heterocycles. The Kier molecular flexibility index (Phi) is 4.97. The lowest BCUT2D eigenvalue weighted by Gasteiger charge is -2.33. The van der Waals surface area contributed by atoms with Gasteiger partial charge in [0, 0.05) is 31.6 Å². The summed E-state index contributed by atoms with van der Waals surface area (Å²) in [6.07, 6.45) is 1.65. The van der Waals surface area contributed by atoms with E-state index < -0.39 is 5.76 Å². The first-order chi connectivity index (χ1) is 12.0. The third-order valence-corrected chi connectivity index (χ3v) is 4.19. The lowest BCUT2D eigenvalue weighted by Crippen LogP contribution is -2.50. The zero-order valence-electron chi connectivity index (χ0n) is 14.0. The van der Waals surface area contributed by atoms with Crippen molar-refractivity contribution in [2.75, 3.05) is 13.1 Å². The molecular formula is C17H20N4O4. The average Bonchev–Trinajstić information content (AvgIpc) is 2.96. The number of hydrogen-bond acceptors (Lipinski definition) is 5. The summed E-state index contributed by atoms with van der Waals surface area (Å²) >= 11 is 0. The van der Waals surface area contributed by atoms with Gasteiger partial charge >= 0.3 is 5.76 Å². The highest BCUT2D eigenvalue weighted by molar-refractivity contribution is 5.77. The van der Waals surface area contributed by atoms with Crippen LogP contribution in [0.15, 0.2) is 39.6 Å². The Labute approximate surface area is 144 Å². The molecule has 8 nitrogen and oxygen atoms in total. The van der Waals surface area contributed by atoms with Crippen LogP contribution in [0.5, 0.6) is 0 Å². The summed E-state index contributed by atoms with van der Waals surface area (Å²) in [5, 5.41) is 6.63. The van der Waals surface area contributed by atoms with E-state index in [1.165, 1.54) is 11.5 Å². The van der Waals surface area contributed by atoms with E-state index in [2.05, 4.69) is 10.5 Å². The Morgan fingerprint density at radius 3 is 2.80 bits per heavy atom. The lowest BCUT2D eigenvalue weighted by atomic mass is 10.1. The predicted octanol–water partition coefficient (Wildman–Crippen LogP) is 0.630. The molecule has 1 aromatic heterocycles. The van der Waals surface area contributed by atoms with Crippen LogP contribution in [0.3, 0.4) is 0 Å². The maximum atomic E-state index is 12.6. The molecule has 1 fully saturated rings. The van der Waals surface area contributed by atoms with Crippen molar-refractivity contribution in [1.82, 2.24) is 19.9 Å². The van der Waals surface area contributed by atoms with Crippen molar-refractivity contribution in [1.29, 1.82) is 0 Å². The van der Waals surface area contributed by atoms with Gasteiger partial charge in [-0.05, 0) is 12.8 Å². The Balaban J connectivity index is 1.74. The highest BCUT2D eigenvalue weighted by Gasteiger charge is 2.25. The van der Waals surface area contributed by atoms with Gasteiger partial charge in [-0.15, -0.1) is 0 Å². The van der Waals surface area contributed by atoms with Crippen molar-refractivity contribution in [3.05, 3.63) is 40.9 Å². The van der Waals surface area contributed by atoms with Crippen LogP contribution in [-0.2, 0) is 16.1 Å². The molecule has 25 heavy (non-hydrogen) atoms. The maximum Gasteiger partial charge on any atom is 0.442 e. The van der Waals surface area contributed by atoms with Crippen LogP contribution in [0, 0.1) is 0 Å². The van der Waals surface area contributed by atoms with Gasteiger partial charge in [0.25, 0.3) is 0 Å². The second kappa shape index (κ2) is 7.33. The number of carbonyl (C=O) groups is 2. The Morgan fingerprint density at radius 2 is 2.08 bits per heavy atom. The standard InChI is InChI=1S/C17H20N4O4/c1-12(22)18-14-8-5-9-20(10-14)15(23)11-21-16(19-25-17(21)24)13-6-3-2-4-7-13/h2-4,6-7,14H,5,8-11H2,1H3,(H,18,22). The normalized spacial score (nSPS) is 17.3. The summed E-state index contributed by atoms with van der Waals surface area (Å²) in [4.78, 5) is 37.4. The molecular weight excluding hydrogens is 324 g/mol. The number of likely N-dealkylation sites (tertiary alicyclic amines) is 1. The molecule has 1 aromatic carbocycles. The maximum absolute atomic E-state index is 12.6. The molecule has 132 valence electrons. The zero-order chi connectivity index (χ0) is 17.8. The van der Waals surface area contributed by atoms with E-state index in [9.17, 15) is 14.4 Å². The second-order valence-corrected chi connectivity index (χ2v) is 6.10. The lowest BCUT2D eigenvalue weighted by molar-refractivity contribution is -0.134. The minimum absolute atomic E-state index is 0.0528. The summed E-state index contributed by atoms with van der Waals surface area (Å²) < 4.78 is 5.98. The third kappa shape index (κ3) is 3.96. The van der Waals surface area contributed by atoms with Crippen molar-refractivity contribution >= 4 is 11.8 Å². The van der Waals surface area contributed by atoms with Gasteiger partial charge in [-0.1, -0.05) is 35.5 Å². The first-order valence-corrected chi connectivity index (χ1v) is 8.21. The van der Waals surface area contributed by atoms with Crippen LogP contribution in [-0.4, -0.2) is 45.6 Å². The fourth-order valence-corrected chi connectivity index (χ4v) is 3.05. The predicted molar refractivity (Wildman–Crippen MR) is 89.6 cm³/mol. The molecule has 0 bridgehead atoms. The number of nitrogens with zero attached hydrogens (tertiary/aromatic N) is 3. The SMILES string of the molecule is CC(=O)NC1CCCN(C(=O)Cn2c(-c3ccccc3)noc2=O)C1. The molecule has 2 heterocycles. The minimum Gasteiger partial charge on any atom is -0.352 e. The second-order valence-electron chi connectivity index (χ2n) is 6.10. The van der Waals surface area contributed by atoms with E-state index in [-0.39, 0.29) is 24.4 Å². The fourth-order valence-electron chi connectivity index (χ4n) is 3.05. The highest BCUT2D eigenvalue weighted by atomic mass is 16.5. The Morgan fingerprint density at radius 1 is 1.32 bits per heavy atom. The first kappa shape index (κ1) is 16.9. The van der Waals surface area contributed by atoms with E-state index >= 15 is 0 Å². The fraction of sp³-hybridized carbons (Fsp3) is 0.412. The van der Waals surface area contributed by atoms with Gasteiger partial charge in [-0.2, -0.15) is 0 Å². The van der Waals surface area contributed by atoms with E-state index in [0.29, 0.717) is 24.5 Å². The molecule has 2 aromatic rings. The molecule has 1 N–H and O–H groups in total. The smallest absolute Gasteiger partial charge is 0.352 e. The van der Waals surface area contributed by atoms with Crippen molar-refractivity contribution in [2.45, 2.75) is 32.4 Å². The zero-order valence-corrected chi connectivity index (χ0v) is 14.0. The van der Waals surface area contributed by atoms with E-state index in [1.54, 1.807) is 17.0 Å². The number of nitrogens with one attached hydrogen (secondary N) is 1. The summed E-state index contributed by atoms with van der Waals surface area (Å²) in [5.41, 5.74) is 0.705. The molecule has 2 amide bonds. The molecule has 0 spiro atoms. The minimum atomic E-state index is -0.664. The largest absolute Gasteiger partial charge is 0.442 e. The molecule has 0 saturated carbocycles. The number of amides is 2. The van der Waals surface area contributed by atoms with E-state index in [4.69, 9.17) is 4.52 Å². The molecule has 1 atom stereocenters. The summed E-state index contributed by atoms with van der Waals surface area (Å²) in [5.74, 6) is -0.643. The summed E-state index contributed by atoms with van der Waals surface area (Å²) in [7, 11) is 0. The van der Waals surface area contributed by atoms with Crippen molar-refractivity contribution in [2.24, 2.45) is 0 Å². The number of piperidine rings is 1. The van der Waals surface area contributed by atoms with Gasteiger partial charge < -0.3 is 10.2 Å². The van der Waals surface area contributed by atoms with Gasteiger partial charge in [0.1, 0.15) is 6.54 Å². The van der Waals surface area contributed by atoms with Gasteiger partial charge in [-0.25, -0.2) is 9.36 Å². The monoisotopic (exact) mass is 344 g/mol. The summed E-state index contributed by atoms with van der Waals surface area (Å²) in [6.45, 7) is 2.37. The summed E-state index contributed by atoms with van der Waals surface area (Å²) in [6, 6.07) is 9.04. The Hall–Kier alpha value is -2.90. The number of aromatic nitrogens is 2. The molecule has 8 heteroatoms. The highest BCUT2D eigenvalue weighted by Crippen LogP contribution is 2.16. The number of rotatable bonds is 4. The molecule has 1 aliphatic heterocycles. The van der Waals surface area contributed by atoms with Gasteiger partial charge in [0.15, 0.2) is 5.82 Å². The molecule has 3 rings (SSSR count). The van der Waals surface area contributed by atoms with Crippen LogP contribution in [0.4, 0.5) is 0 Å². The Bertz CT molecular complexity index is 812. The molecule has 0 aliphatic carbocycles. The quantitative estimate of drug-likeness (QED) is 0.877. The number of benzene rings is 1. The molecule has 0 radical (unpaired) electrons. The molecule has 1 unspecified atom stereocenters. The average molecular weight is 344 g/mol. The number of carbonyl (C=O) groups excluding carboxylic acids is 2. The first-order valence-electron chi connectivity index (χ1n) is 8.21. The van der Waals surface area contributed by atoms with Gasteiger partial charge in [0.2, 0.25) is 11.8 Å². The van der Waals surface area contributed by atoms with Crippen LogP contribution in [0.2, 0.25) is 0 Å². The van der Waals surface area contributed by atoms with E-state index in [1.807, 2.05) is 18.2 Å². The van der Waals surface area contributed by atoms with Gasteiger partial charge in [-0.3, -0.25) is 14.1 Å². The van der Waals surface area contributed by atoms with Crippen LogP contribution < -0.4 is 11.1 Å². The van der Waals surface area contributed by atoms with E-state index in [0.717, 1.165) is 12.8 Å². The van der Waals surface area contributed by atoms with Crippen molar-refractivity contribution in [3.63, 3.8) is 0 Å². The molecule has 1 aliphatic rings.